The minimum Gasteiger partial charge on any atom is -0.494 e. The molecule has 2 aromatic carbocycles. The quantitative estimate of drug-likeness (QED) is 0.446. The van der Waals surface area contributed by atoms with Gasteiger partial charge in [0.1, 0.15) is 11.0 Å². The van der Waals surface area contributed by atoms with Gasteiger partial charge in [-0.25, -0.2) is 4.99 Å². The first-order chi connectivity index (χ1) is 15.7. The standard InChI is InChI=1S/C23H26N4O5S/c1-5-10-26-22(29)20(33-23(26)25-18-11-14(2)6-7-15(18)3)13-21(28)24-17-9-8-16(27(30)31)12-19(17)32-4/h6-9,11-12,20H,5,10,13H2,1-4H3,(H,24,28). The fourth-order valence-electron chi connectivity index (χ4n) is 3.36. The molecule has 2 aromatic rings. The van der Waals surface area contributed by atoms with Crippen molar-refractivity contribution in [2.45, 2.75) is 38.9 Å². The number of carbonyl (C=O) groups is 2. The summed E-state index contributed by atoms with van der Waals surface area (Å²) in [5, 5.41) is 13.6. The minimum absolute atomic E-state index is 0.0598. The van der Waals surface area contributed by atoms with Gasteiger partial charge in [0.15, 0.2) is 5.17 Å². The number of nitro benzene ring substituents is 1. The second kappa shape index (κ2) is 10.5. The Bertz CT molecular complexity index is 1120. The molecular weight excluding hydrogens is 444 g/mol. The predicted octanol–water partition coefficient (Wildman–Crippen LogP) is 4.59. The van der Waals surface area contributed by atoms with Crippen LogP contribution in [0.3, 0.4) is 0 Å². The Hall–Kier alpha value is -3.40. The van der Waals surface area contributed by atoms with Crippen LogP contribution in [-0.2, 0) is 9.59 Å². The van der Waals surface area contributed by atoms with Crippen LogP contribution in [0.1, 0.15) is 30.9 Å². The number of methoxy groups -OCH3 is 1. The number of aryl methyl sites for hydroxylation is 2. The van der Waals surface area contributed by atoms with E-state index in [2.05, 4.69) is 5.32 Å². The highest BCUT2D eigenvalue weighted by Gasteiger charge is 2.38. The third kappa shape index (κ3) is 5.70. The average Bonchev–Trinajstić information content (AvgIpc) is 3.05. The molecule has 1 unspecified atom stereocenters. The lowest BCUT2D eigenvalue weighted by molar-refractivity contribution is -0.384. The van der Waals surface area contributed by atoms with E-state index in [4.69, 9.17) is 9.73 Å². The van der Waals surface area contributed by atoms with E-state index >= 15 is 0 Å². The number of amides is 2. The predicted molar refractivity (Wildman–Crippen MR) is 129 cm³/mol. The molecule has 1 saturated heterocycles. The van der Waals surface area contributed by atoms with Gasteiger partial charge in [-0.05, 0) is 43.5 Å². The summed E-state index contributed by atoms with van der Waals surface area (Å²) in [6, 6.07) is 9.90. The number of nitro groups is 1. The van der Waals surface area contributed by atoms with Crippen molar-refractivity contribution in [2.75, 3.05) is 19.0 Å². The van der Waals surface area contributed by atoms with Crippen molar-refractivity contribution in [3.63, 3.8) is 0 Å². The Balaban J connectivity index is 1.78. The number of nitrogens with one attached hydrogen (secondary N) is 1. The van der Waals surface area contributed by atoms with Gasteiger partial charge in [-0.1, -0.05) is 30.8 Å². The lowest BCUT2D eigenvalue weighted by Crippen LogP contribution is -2.34. The molecule has 0 saturated carbocycles. The molecule has 0 aliphatic carbocycles. The van der Waals surface area contributed by atoms with Crippen LogP contribution >= 0.6 is 11.8 Å². The molecule has 174 valence electrons. The SMILES string of the molecule is CCCN1C(=O)C(CC(=O)Nc2ccc([N+](=O)[O-])cc2OC)SC1=Nc1cc(C)ccc1C. The molecule has 0 spiro atoms. The summed E-state index contributed by atoms with van der Waals surface area (Å²) < 4.78 is 5.16. The highest BCUT2D eigenvalue weighted by atomic mass is 32.2. The lowest BCUT2D eigenvalue weighted by Gasteiger charge is -2.15. The molecule has 3 rings (SSSR count). The van der Waals surface area contributed by atoms with Gasteiger partial charge in [-0.2, -0.15) is 0 Å². The highest BCUT2D eigenvalue weighted by Crippen LogP contribution is 2.34. The summed E-state index contributed by atoms with van der Waals surface area (Å²) in [7, 11) is 1.36. The van der Waals surface area contributed by atoms with Crippen LogP contribution in [-0.4, -0.2) is 45.7 Å². The van der Waals surface area contributed by atoms with Gasteiger partial charge in [-0.3, -0.25) is 24.6 Å². The minimum atomic E-state index is -0.607. The summed E-state index contributed by atoms with van der Waals surface area (Å²) in [4.78, 5) is 42.5. The normalized spacial score (nSPS) is 16.8. The molecule has 9 nitrogen and oxygen atoms in total. The van der Waals surface area contributed by atoms with Crippen molar-refractivity contribution in [1.82, 2.24) is 4.90 Å². The molecule has 0 radical (unpaired) electrons. The number of ether oxygens (including phenoxy) is 1. The molecule has 1 fully saturated rings. The zero-order valence-corrected chi connectivity index (χ0v) is 19.8. The maximum absolute atomic E-state index is 13.0. The van der Waals surface area contributed by atoms with E-state index in [9.17, 15) is 19.7 Å². The van der Waals surface area contributed by atoms with Crippen LogP contribution in [0, 0.1) is 24.0 Å². The van der Waals surface area contributed by atoms with Crippen molar-refractivity contribution in [2.24, 2.45) is 4.99 Å². The number of hydrogen-bond donors (Lipinski definition) is 1. The highest BCUT2D eigenvalue weighted by molar-refractivity contribution is 8.15. The van der Waals surface area contributed by atoms with Gasteiger partial charge in [0.05, 0.1) is 29.5 Å². The number of non-ortho nitro benzene ring substituents is 1. The Morgan fingerprint density at radius 1 is 1.27 bits per heavy atom. The maximum atomic E-state index is 13.0. The summed E-state index contributed by atoms with van der Waals surface area (Å²) >= 11 is 1.28. The van der Waals surface area contributed by atoms with E-state index in [0.717, 1.165) is 23.2 Å². The molecule has 1 aliphatic heterocycles. The first kappa shape index (κ1) is 24.2. The zero-order valence-electron chi connectivity index (χ0n) is 19.0. The van der Waals surface area contributed by atoms with E-state index < -0.39 is 16.1 Å². The van der Waals surface area contributed by atoms with E-state index in [1.807, 2.05) is 39.0 Å². The van der Waals surface area contributed by atoms with Gasteiger partial charge in [0.25, 0.3) is 5.69 Å². The fraction of sp³-hybridized carbons (Fsp3) is 0.348. The molecule has 0 bridgehead atoms. The second-order valence-electron chi connectivity index (χ2n) is 7.67. The van der Waals surface area contributed by atoms with Crippen molar-refractivity contribution in [1.29, 1.82) is 0 Å². The molecule has 1 atom stereocenters. The van der Waals surface area contributed by atoms with Gasteiger partial charge < -0.3 is 10.1 Å². The number of rotatable bonds is 8. The number of amidine groups is 1. The van der Waals surface area contributed by atoms with E-state index in [1.54, 1.807) is 4.90 Å². The second-order valence-corrected chi connectivity index (χ2v) is 8.84. The molecule has 2 amide bonds. The van der Waals surface area contributed by atoms with Crippen molar-refractivity contribution < 1.29 is 19.2 Å². The molecule has 1 heterocycles. The van der Waals surface area contributed by atoms with Crippen LogP contribution in [0.4, 0.5) is 17.1 Å². The Kier molecular flexibility index (Phi) is 7.70. The van der Waals surface area contributed by atoms with Gasteiger partial charge in [0.2, 0.25) is 11.8 Å². The Labute approximate surface area is 196 Å². The topological polar surface area (TPSA) is 114 Å². The third-order valence-electron chi connectivity index (χ3n) is 5.09. The number of anilines is 1. The summed E-state index contributed by atoms with van der Waals surface area (Å²) in [5.41, 5.74) is 3.03. The molecule has 1 aliphatic rings. The van der Waals surface area contributed by atoms with E-state index in [0.29, 0.717) is 17.4 Å². The first-order valence-corrected chi connectivity index (χ1v) is 11.4. The van der Waals surface area contributed by atoms with E-state index in [-0.39, 0.29) is 23.8 Å². The van der Waals surface area contributed by atoms with Crippen molar-refractivity contribution in [3.8, 4) is 5.75 Å². The van der Waals surface area contributed by atoms with Crippen LogP contribution in [0.15, 0.2) is 41.4 Å². The van der Waals surface area contributed by atoms with E-state index in [1.165, 1.54) is 37.1 Å². The summed E-state index contributed by atoms with van der Waals surface area (Å²) in [5.74, 6) is -0.373. The van der Waals surface area contributed by atoms with Crippen LogP contribution < -0.4 is 10.1 Å². The largest absolute Gasteiger partial charge is 0.494 e. The summed E-state index contributed by atoms with van der Waals surface area (Å²) in [6.07, 6.45) is 0.701. The van der Waals surface area contributed by atoms with Crippen LogP contribution in [0.5, 0.6) is 5.75 Å². The Morgan fingerprint density at radius 3 is 2.70 bits per heavy atom. The van der Waals surface area contributed by atoms with Crippen LogP contribution in [0.2, 0.25) is 0 Å². The van der Waals surface area contributed by atoms with Crippen molar-refractivity contribution in [3.05, 3.63) is 57.6 Å². The van der Waals surface area contributed by atoms with Gasteiger partial charge in [-0.15, -0.1) is 0 Å². The molecule has 10 heteroatoms. The molecule has 1 N–H and O–H groups in total. The number of aliphatic imine (C=N–C) groups is 1. The lowest BCUT2D eigenvalue weighted by atomic mass is 10.1. The summed E-state index contributed by atoms with van der Waals surface area (Å²) in [6.45, 7) is 6.45. The number of carbonyl (C=O) groups excluding carboxylic acids is 2. The molecular formula is C23H26N4O5S. The Morgan fingerprint density at radius 2 is 2.03 bits per heavy atom. The fourth-order valence-corrected chi connectivity index (χ4v) is 4.54. The maximum Gasteiger partial charge on any atom is 0.273 e. The number of thioether (sulfide) groups is 1. The van der Waals surface area contributed by atoms with Crippen molar-refractivity contribution >= 4 is 45.8 Å². The average molecular weight is 471 g/mol. The third-order valence-corrected chi connectivity index (χ3v) is 6.26. The van der Waals surface area contributed by atoms with Crippen LogP contribution in [0.25, 0.3) is 0 Å². The number of hydrogen-bond acceptors (Lipinski definition) is 7. The van der Waals surface area contributed by atoms with Gasteiger partial charge >= 0.3 is 0 Å². The molecule has 33 heavy (non-hydrogen) atoms. The monoisotopic (exact) mass is 470 g/mol. The molecule has 0 aromatic heterocycles. The zero-order chi connectivity index (χ0) is 24.1. The van der Waals surface area contributed by atoms with Gasteiger partial charge in [0, 0.05) is 19.0 Å². The first-order valence-electron chi connectivity index (χ1n) is 10.5. The number of nitrogens with zero attached hydrogens (tertiary/aromatic N) is 3. The number of benzene rings is 2. The smallest absolute Gasteiger partial charge is 0.273 e.